The smallest absolute Gasteiger partial charge is 0.191 e. The van der Waals surface area contributed by atoms with Gasteiger partial charge in [0.2, 0.25) is 0 Å². The van der Waals surface area contributed by atoms with Crippen molar-refractivity contribution in [1.29, 1.82) is 0 Å². The molecule has 1 unspecified atom stereocenters. The highest BCUT2D eigenvalue weighted by Crippen LogP contribution is 2.13. The Bertz CT molecular complexity index is 607. The lowest BCUT2D eigenvalue weighted by atomic mass is 10.1. The van der Waals surface area contributed by atoms with Gasteiger partial charge in [-0.25, -0.2) is 0 Å². The molecule has 1 atom stereocenters. The Morgan fingerprint density at radius 1 is 1.29 bits per heavy atom. The van der Waals surface area contributed by atoms with Crippen LogP contribution in [-0.4, -0.2) is 40.5 Å². The number of aliphatic imine (C=N–C) groups is 1. The number of hydrogen-bond acceptors (Lipinski definition) is 3. The van der Waals surface area contributed by atoms with Crippen LogP contribution in [0.25, 0.3) is 0 Å². The van der Waals surface area contributed by atoms with Crippen molar-refractivity contribution in [2.24, 2.45) is 4.99 Å². The van der Waals surface area contributed by atoms with E-state index in [2.05, 4.69) is 20.7 Å². The average molecular weight is 329 g/mol. The molecule has 1 aromatic heterocycles. The summed E-state index contributed by atoms with van der Waals surface area (Å²) in [5.41, 5.74) is 2.07. The van der Waals surface area contributed by atoms with Crippen LogP contribution in [0.5, 0.6) is 0 Å². The molecule has 0 bridgehead atoms. The fraction of sp³-hybridized carbons (Fsp3) is 0.444. The molecule has 0 saturated carbocycles. The molecule has 0 spiro atoms. The molecule has 0 amide bonds. The molecule has 130 valence electrons. The Morgan fingerprint density at radius 2 is 2.08 bits per heavy atom. The normalized spacial score (nSPS) is 12.9. The first-order chi connectivity index (χ1) is 11.7. The van der Waals surface area contributed by atoms with E-state index in [0.29, 0.717) is 6.54 Å². The summed E-state index contributed by atoms with van der Waals surface area (Å²) in [4.78, 5) is 4.47. The number of guanidine groups is 1. The monoisotopic (exact) mass is 329 g/mol. The van der Waals surface area contributed by atoms with Gasteiger partial charge in [0.05, 0.1) is 12.6 Å². The number of rotatable bonds is 8. The zero-order chi connectivity index (χ0) is 17.2. The van der Waals surface area contributed by atoms with Crippen molar-refractivity contribution in [3.8, 4) is 0 Å². The van der Waals surface area contributed by atoms with Crippen molar-refractivity contribution in [2.45, 2.75) is 32.9 Å². The van der Waals surface area contributed by atoms with Gasteiger partial charge in [-0.05, 0) is 31.9 Å². The number of aliphatic hydroxyl groups is 1. The molecule has 1 aromatic carbocycles. The Labute approximate surface area is 143 Å². The van der Waals surface area contributed by atoms with Crippen molar-refractivity contribution < 1.29 is 5.11 Å². The van der Waals surface area contributed by atoms with E-state index in [9.17, 15) is 5.11 Å². The largest absolute Gasteiger partial charge is 0.386 e. The second kappa shape index (κ2) is 9.72. The number of aliphatic hydroxyl groups excluding tert-OH is 1. The molecule has 24 heavy (non-hydrogen) atoms. The van der Waals surface area contributed by atoms with Crippen LogP contribution in [0.1, 0.15) is 30.6 Å². The van der Waals surface area contributed by atoms with Gasteiger partial charge in [-0.1, -0.05) is 29.8 Å². The number of aromatic nitrogens is 2. The van der Waals surface area contributed by atoms with E-state index in [1.54, 1.807) is 6.20 Å². The average Bonchev–Trinajstić information content (AvgIpc) is 3.10. The van der Waals surface area contributed by atoms with Gasteiger partial charge in [0, 0.05) is 32.0 Å². The van der Waals surface area contributed by atoms with Crippen LogP contribution in [0.3, 0.4) is 0 Å². The maximum atomic E-state index is 10.3. The number of nitrogens with one attached hydrogen (secondary N) is 2. The standard InChI is InChI=1S/C18H27N5O/c1-3-19-18(20-10-4-12-23-13-5-11-22-23)21-14-17(24)16-8-6-15(2)7-9-16/h5-9,11,13,17,24H,3-4,10,12,14H2,1-2H3,(H2,19,20,21). The first-order valence-corrected chi connectivity index (χ1v) is 8.43. The van der Waals surface area contributed by atoms with Gasteiger partial charge in [0.15, 0.2) is 5.96 Å². The Hall–Kier alpha value is -2.34. The van der Waals surface area contributed by atoms with Crippen molar-refractivity contribution in [3.63, 3.8) is 0 Å². The zero-order valence-electron chi connectivity index (χ0n) is 14.4. The topological polar surface area (TPSA) is 74.5 Å². The quantitative estimate of drug-likeness (QED) is 0.393. The number of nitrogens with zero attached hydrogens (tertiary/aromatic N) is 3. The van der Waals surface area contributed by atoms with E-state index in [1.165, 1.54) is 5.56 Å². The SMILES string of the molecule is CCNC(=NCC(O)c1ccc(C)cc1)NCCCn1cccn1. The Kier molecular flexibility index (Phi) is 7.29. The van der Waals surface area contributed by atoms with E-state index in [0.717, 1.165) is 37.6 Å². The van der Waals surface area contributed by atoms with Gasteiger partial charge in [-0.2, -0.15) is 5.10 Å². The third kappa shape index (κ3) is 6.04. The summed E-state index contributed by atoms with van der Waals surface area (Å²) in [5.74, 6) is 0.726. The summed E-state index contributed by atoms with van der Waals surface area (Å²) in [6.45, 7) is 6.84. The molecule has 0 aliphatic rings. The molecule has 0 aliphatic carbocycles. The molecule has 0 radical (unpaired) electrons. The van der Waals surface area contributed by atoms with E-state index < -0.39 is 6.10 Å². The summed E-state index contributed by atoms with van der Waals surface area (Å²) in [5, 5.41) is 20.9. The van der Waals surface area contributed by atoms with Gasteiger partial charge in [0.1, 0.15) is 0 Å². The molecule has 6 nitrogen and oxygen atoms in total. The maximum Gasteiger partial charge on any atom is 0.191 e. The molecular weight excluding hydrogens is 302 g/mol. The summed E-state index contributed by atoms with van der Waals surface area (Å²) in [7, 11) is 0. The highest BCUT2D eigenvalue weighted by atomic mass is 16.3. The molecular formula is C18H27N5O. The van der Waals surface area contributed by atoms with Gasteiger partial charge in [0.25, 0.3) is 0 Å². The molecule has 0 fully saturated rings. The van der Waals surface area contributed by atoms with Crippen LogP contribution in [0.2, 0.25) is 0 Å². The van der Waals surface area contributed by atoms with Crippen LogP contribution in [0, 0.1) is 6.92 Å². The van der Waals surface area contributed by atoms with E-state index >= 15 is 0 Å². The van der Waals surface area contributed by atoms with Crippen LogP contribution in [0.4, 0.5) is 0 Å². The van der Waals surface area contributed by atoms with Crippen molar-refractivity contribution in [1.82, 2.24) is 20.4 Å². The lowest BCUT2D eigenvalue weighted by Gasteiger charge is -2.13. The highest BCUT2D eigenvalue weighted by molar-refractivity contribution is 5.79. The second-order valence-corrected chi connectivity index (χ2v) is 5.70. The molecule has 1 heterocycles. The van der Waals surface area contributed by atoms with E-state index in [-0.39, 0.29) is 0 Å². The lowest BCUT2D eigenvalue weighted by Crippen LogP contribution is -2.38. The highest BCUT2D eigenvalue weighted by Gasteiger charge is 2.07. The molecule has 0 aliphatic heterocycles. The second-order valence-electron chi connectivity index (χ2n) is 5.70. The third-order valence-corrected chi connectivity index (χ3v) is 3.64. The molecule has 6 heteroatoms. The van der Waals surface area contributed by atoms with Gasteiger partial charge < -0.3 is 15.7 Å². The summed E-state index contributed by atoms with van der Waals surface area (Å²) < 4.78 is 1.91. The molecule has 2 rings (SSSR count). The van der Waals surface area contributed by atoms with Gasteiger partial charge in [-0.3, -0.25) is 9.67 Å². The van der Waals surface area contributed by atoms with Gasteiger partial charge >= 0.3 is 0 Å². The minimum Gasteiger partial charge on any atom is -0.386 e. The van der Waals surface area contributed by atoms with E-state index in [4.69, 9.17) is 0 Å². The molecule has 2 aromatic rings. The predicted molar refractivity (Wildman–Crippen MR) is 97.0 cm³/mol. The van der Waals surface area contributed by atoms with Crippen molar-refractivity contribution in [3.05, 3.63) is 53.9 Å². The fourth-order valence-electron chi connectivity index (χ4n) is 2.29. The maximum absolute atomic E-state index is 10.3. The molecule has 0 saturated heterocycles. The van der Waals surface area contributed by atoms with Crippen molar-refractivity contribution >= 4 is 5.96 Å². The predicted octanol–water partition coefficient (Wildman–Crippen LogP) is 1.87. The first kappa shape index (κ1) is 18.0. The minimum absolute atomic E-state index is 0.331. The fourth-order valence-corrected chi connectivity index (χ4v) is 2.29. The number of hydrogen-bond donors (Lipinski definition) is 3. The number of benzene rings is 1. The third-order valence-electron chi connectivity index (χ3n) is 3.64. The Balaban J connectivity index is 1.79. The number of aryl methyl sites for hydroxylation is 2. The van der Waals surface area contributed by atoms with Crippen LogP contribution < -0.4 is 10.6 Å². The minimum atomic E-state index is -0.592. The van der Waals surface area contributed by atoms with E-state index in [1.807, 2.05) is 55.1 Å². The first-order valence-electron chi connectivity index (χ1n) is 8.43. The molecule has 3 N–H and O–H groups in total. The Morgan fingerprint density at radius 3 is 2.75 bits per heavy atom. The van der Waals surface area contributed by atoms with Crippen LogP contribution >= 0.6 is 0 Å². The van der Waals surface area contributed by atoms with Gasteiger partial charge in [-0.15, -0.1) is 0 Å². The summed E-state index contributed by atoms with van der Waals surface area (Å²) in [6, 6.07) is 9.81. The zero-order valence-corrected chi connectivity index (χ0v) is 14.4. The summed E-state index contributed by atoms with van der Waals surface area (Å²) in [6.07, 6.45) is 4.10. The van der Waals surface area contributed by atoms with Crippen LogP contribution in [0.15, 0.2) is 47.7 Å². The van der Waals surface area contributed by atoms with Crippen molar-refractivity contribution in [2.75, 3.05) is 19.6 Å². The lowest BCUT2D eigenvalue weighted by molar-refractivity contribution is 0.187. The van der Waals surface area contributed by atoms with Crippen LogP contribution in [-0.2, 0) is 6.54 Å². The summed E-state index contributed by atoms with van der Waals surface area (Å²) >= 11 is 0.